The Morgan fingerprint density at radius 3 is 2.68 bits per heavy atom. The van der Waals surface area contributed by atoms with Crippen LogP contribution in [0.4, 0.5) is 0 Å². The average Bonchev–Trinajstić information content (AvgIpc) is 2.36. The third kappa shape index (κ3) is 5.25. The van der Waals surface area contributed by atoms with Gasteiger partial charge in [-0.1, -0.05) is 29.3 Å². The van der Waals surface area contributed by atoms with Gasteiger partial charge in [0.05, 0.1) is 23.3 Å². The van der Waals surface area contributed by atoms with E-state index >= 15 is 0 Å². The van der Waals surface area contributed by atoms with Crippen LogP contribution in [0.5, 0.6) is 0 Å². The molecule has 0 aliphatic heterocycles. The Bertz CT molecular complexity index is 507. The van der Waals surface area contributed by atoms with Gasteiger partial charge in [0.25, 0.3) is 0 Å². The molecule has 8 heteroatoms. The summed E-state index contributed by atoms with van der Waals surface area (Å²) in [6.07, 6.45) is 0.497. The molecule has 0 heterocycles. The second-order valence-corrected chi connectivity index (χ2v) is 6.16. The molecular weight excluding hydrogens is 313 g/mol. The molecule has 0 amide bonds. The van der Waals surface area contributed by atoms with Crippen LogP contribution in [-0.4, -0.2) is 39.9 Å². The highest BCUT2D eigenvalue weighted by molar-refractivity contribution is 7.89. The van der Waals surface area contributed by atoms with Gasteiger partial charge in [0, 0.05) is 13.2 Å². The summed E-state index contributed by atoms with van der Waals surface area (Å²) in [5, 5.41) is 8.69. The van der Waals surface area contributed by atoms with Gasteiger partial charge in [0.2, 0.25) is 10.0 Å². The smallest absolute Gasteiger partial charge is 0.242 e. The number of halogens is 2. The van der Waals surface area contributed by atoms with Gasteiger partial charge in [-0.15, -0.1) is 0 Å². The molecule has 1 rings (SSSR count). The van der Waals surface area contributed by atoms with Gasteiger partial charge < -0.3 is 9.84 Å². The third-order valence-corrected chi connectivity index (χ3v) is 4.63. The van der Waals surface area contributed by atoms with Crippen molar-refractivity contribution in [3.8, 4) is 0 Å². The lowest BCUT2D eigenvalue weighted by Crippen LogP contribution is -2.26. The predicted octanol–water partition coefficient (Wildman–Crippen LogP) is 1.67. The molecule has 0 saturated carbocycles. The quantitative estimate of drug-likeness (QED) is 0.712. The largest absolute Gasteiger partial charge is 0.394 e. The van der Waals surface area contributed by atoms with Crippen LogP contribution in [0.25, 0.3) is 0 Å². The first kappa shape index (κ1) is 16.7. The SMILES string of the molecule is O=S(=O)(NCCCOCCO)c1cccc(Cl)c1Cl. The van der Waals surface area contributed by atoms with Crippen molar-refractivity contribution in [1.29, 1.82) is 0 Å². The van der Waals surface area contributed by atoms with Gasteiger partial charge in [-0.25, -0.2) is 13.1 Å². The highest BCUT2D eigenvalue weighted by atomic mass is 35.5. The topological polar surface area (TPSA) is 75.6 Å². The summed E-state index contributed by atoms with van der Waals surface area (Å²) in [4.78, 5) is -0.0436. The van der Waals surface area contributed by atoms with Crippen LogP contribution in [0.15, 0.2) is 23.1 Å². The zero-order valence-electron chi connectivity index (χ0n) is 10.1. The van der Waals surface area contributed by atoms with Crippen molar-refractivity contribution in [1.82, 2.24) is 4.72 Å². The fourth-order valence-electron chi connectivity index (χ4n) is 1.32. The predicted molar refractivity (Wildman–Crippen MR) is 74.2 cm³/mol. The van der Waals surface area contributed by atoms with E-state index in [2.05, 4.69) is 4.72 Å². The monoisotopic (exact) mass is 327 g/mol. The maximum absolute atomic E-state index is 12.0. The van der Waals surface area contributed by atoms with Crippen molar-refractivity contribution in [3.05, 3.63) is 28.2 Å². The average molecular weight is 328 g/mol. The maximum Gasteiger partial charge on any atom is 0.242 e. The van der Waals surface area contributed by atoms with E-state index in [4.69, 9.17) is 33.0 Å². The molecule has 1 aromatic rings. The molecular formula is C11H15Cl2NO4S. The fraction of sp³-hybridized carbons (Fsp3) is 0.455. The van der Waals surface area contributed by atoms with E-state index in [9.17, 15) is 8.42 Å². The molecule has 0 fully saturated rings. The maximum atomic E-state index is 12.0. The summed E-state index contributed by atoms with van der Waals surface area (Å²) in [7, 11) is -3.68. The summed E-state index contributed by atoms with van der Waals surface area (Å²) in [6, 6.07) is 4.43. The first-order valence-electron chi connectivity index (χ1n) is 5.61. The zero-order chi connectivity index (χ0) is 14.3. The van der Waals surface area contributed by atoms with Gasteiger partial charge in [0.1, 0.15) is 4.90 Å². The van der Waals surface area contributed by atoms with Crippen LogP contribution in [0, 0.1) is 0 Å². The minimum Gasteiger partial charge on any atom is -0.394 e. The lowest BCUT2D eigenvalue weighted by Gasteiger charge is -2.09. The minimum atomic E-state index is -3.68. The summed E-state index contributed by atoms with van der Waals surface area (Å²) in [6.45, 7) is 0.777. The fourth-order valence-corrected chi connectivity index (χ4v) is 3.15. The Morgan fingerprint density at radius 2 is 2.00 bits per heavy atom. The lowest BCUT2D eigenvalue weighted by molar-refractivity contribution is 0.0913. The van der Waals surface area contributed by atoms with Crippen LogP contribution in [-0.2, 0) is 14.8 Å². The molecule has 0 bridgehead atoms. The van der Waals surface area contributed by atoms with Crippen LogP contribution < -0.4 is 4.72 Å². The number of sulfonamides is 1. The molecule has 0 spiro atoms. The van der Waals surface area contributed by atoms with E-state index in [1.54, 1.807) is 0 Å². The first-order chi connectivity index (χ1) is 8.99. The standard InChI is InChI=1S/C11H15Cl2NO4S/c12-9-3-1-4-10(11(9)13)19(16,17)14-5-2-7-18-8-6-15/h1,3-4,14-15H,2,5-8H2. The molecule has 5 nitrogen and oxygen atoms in total. The Hall–Kier alpha value is -0.370. The summed E-state index contributed by atoms with van der Waals surface area (Å²) >= 11 is 11.6. The molecule has 1 aromatic carbocycles. The zero-order valence-corrected chi connectivity index (χ0v) is 12.4. The summed E-state index contributed by atoms with van der Waals surface area (Å²) in [5.41, 5.74) is 0. The van der Waals surface area contributed by atoms with Crippen LogP contribution in [0.1, 0.15) is 6.42 Å². The number of hydrogen-bond acceptors (Lipinski definition) is 4. The Balaban J connectivity index is 2.54. The molecule has 0 saturated heterocycles. The first-order valence-corrected chi connectivity index (χ1v) is 7.85. The number of nitrogens with one attached hydrogen (secondary N) is 1. The molecule has 0 aromatic heterocycles. The molecule has 0 aliphatic carbocycles. The van der Waals surface area contributed by atoms with Gasteiger partial charge in [-0.05, 0) is 18.6 Å². The van der Waals surface area contributed by atoms with E-state index < -0.39 is 10.0 Å². The molecule has 19 heavy (non-hydrogen) atoms. The van der Waals surface area contributed by atoms with Crippen molar-refractivity contribution < 1.29 is 18.3 Å². The molecule has 0 radical (unpaired) electrons. The third-order valence-electron chi connectivity index (χ3n) is 2.20. The summed E-state index contributed by atoms with van der Waals surface area (Å²) < 4.78 is 31.3. The van der Waals surface area contributed by atoms with Crippen molar-refractivity contribution in [3.63, 3.8) is 0 Å². The molecule has 108 valence electrons. The van der Waals surface area contributed by atoms with E-state index in [0.717, 1.165) is 0 Å². The Kier molecular flexibility index (Phi) is 7.06. The van der Waals surface area contributed by atoms with E-state index in [1.807, 2.05) is 0 Å². The van der Waals surface area contributed by atoms with Gasteiger partial charge >= 0.3 is 0 Å². The number of hydrogen-bond donors (Lipinski definition) is 2. The van der Waals surface area contributed by atoms with Crippen molar-refractivity contribution in [2.24, 2.45) is 0 Å². The van der Waals surface area contributed by atoms with E-state index in [1.165, 1.54) is 18.2 Å². The van der Waals surface area contributed by atoms with E-state index in [0.29, 0.717) is 13.0 Å². The van der Waals surface area contributed by atoms with E-state index in [-0.39, 0.29) is 34.7 Å². The second kappa shape index (κ2) is 8.04. The molecule has 0 atom stereocenters. The number of benzene rings is 1. The number of aliphatic hydroxyl groups excluding tert-OH is 1. The van der Waals surface area contributed by atoms with Crippen LogP contribution >= 0.6 is 23.2 Å². The van der Waals surface area contributed by atoms with Gasteiger partial charge in [0.15, 0.2) is 0 Å². The Morgan fingerprint density at radius 1 is 1.26 bits per heavy atom. The van der Waals surface area contributed by atoms with Crippen molar-refractivity contribution in [2.45, 2.75) is 11.3 Å². The van der Waals surface area contributed by atoms with Gasteiger partial charge in [-0.3, -0.25) is 0 Å². The minimum absolute atomic E-state index is 0.00759. The summed E-state index contributed by atoms with van der Waals surface area (Å²) in [5.74, 6) is 0. The van der Waals surface area contributed by atoms with Crippen molar-refractivity contribution >= 4 is 33.2 Å². The second-order valence-electron chi connectivity index (χ2n) is 3.64. The lowest BCUT2D eigenvalue weighted by atomic mass is 10.4. The molecule has 0 unspecified atom stereocenters. The number of rotatable bonds is 8. The molecule has 0 aliphatic rings. The van der Waals surface area contributed by atoms with Gasteiger partial charge in [-0.2, -0.15) is 0 Å². The normalized spacial score (nSPS) is 11.7. The van der Waals surface area contributed by atoms with Crippen LogP contribution in [0.3, 0.4) is 0 Å². The number of ether oxygens (including phenoxy) is 1. The highest BCUT2D eigenvalue weighted by Crippen LogP contribution is 2.28. The highest BCUT2D eigenvalue weighted by Gasteiger charge is 2.18. The van der Waals surface area contributed by atoms with Crippen molar-refractivity contribution in [2.75, 3.05) is 26.4 Å². The Labute approximate surface area is 122 Å². The number of aliphatic hydroxyl groups is 1. The van der Waals surface area contributed by atoms with Crippen LogP contribution in [0.2, 0.25) is 10.0 Å². The molecule has 2 N–H and O–H groups in total.